The third-order valence-corrected chi connectivity index (χ3v) is 4.35. The zero-order chi connectivity index (χ0) is 18.7. The maximum absolute atomic E-state index is 12.2. The number of carbonyl (C=O) groups is 3. The van der Waals surface area contributed by atoms with Gasteiger partial charge in [0.15, 0.2) is 12.4 Å². The first-order chi connectivity index (χ1) is 11.8. The van der Waals surface area contributed by atoms with E-state index in [-0.39, 0.29) is 21.8 Å². The summed E-state index contributed by atoms with van der Waals surface area (Å²) >= 11 is 11.7. The van der Waals surface area contributed by atoms with E-state index in [0.717, 1.165) is 0 Å². The Balaban J connectivity index is 2.11. The van der Waals surface area contributed by atoms with Crippen LogP contribution in [0.3, 0.4) is 0 Å². The Bertz CT molecular complexity index is 857. The van der Waals surface area contributed by atoms with Crippen LogP contribution in [-0.4, -0.2) is 36.4 Å². The number of aromatic amines is 1. The highest BCUT2D eigenvalue weighted by Gasteiger charge is 2.24. The summed E-state index contributed by atoms with van der Waals surface area (Å²) in [5.41, 5.74) is 1.52. The van der Waals surface area contributed by atoms with Crippen molar-refractivity contribution >= 4 is 40.9 Å². The van der Waals surface area contributed by atoms with Gasteiger partial charge in [-0.05, 0) is 37.6 Å². The number of H-pyrrole nitrogens is 1. The van der Waals surface area contributed by atoms with Crippen molar-refractivity contribution in [1.82, 2.24) is 4.98 Å². The minimum Gasteiger partial charge on any atom is -0.465 e. The van der Waals surface area contributed by atoms with Crippen molar-refractivity contribution in [3.63, 3.8) is 0 Å². The van der Waals surface area contributed by atoms with Crippen LogP contribution in [0.5, 0.6) is 0 Å². The van der Waals surface area contributed by atoms with Crippen molar-refractivity contribution in [2.45, 2.75) is 13.8 Å². The molecule has 0 aliphatic heterocycles. The minimum atomic E-state index is -0.746. The number of aromatic nitrogens is 1. The molecule has 0 unspecified atom stereocenters. The van der Waals surface area contributed by atoms with Gasteiger partial charge in [0, 0.05) is 11.3 Å². The molecule has 1 aromatic carbocycles. The molecule has 2 aromatic rings. The normalized spacial score (nSPS) is 10.4. The summed E-state index contributed by atoms with van der Waals surface area (Å²) in [4.78, 5) is 38.8. The van der Waals surface area contributed by atoms with Crippen molar-refractivity contribution < 1.29 is 23.9 Å². The molecule has 0 spiro atoms. The van der Waals surface area contributed by atoms with Gasteiger partial charge >= 0.3 is 11.9 Å². The molecule has 0 aliphatic carbocycles. The van der Waals surface area contributed by atoms with Crippen LogP contribution >= 0.6 is 23.2 Å². The van der Waals surface area contributed by atoms with Crippen LogP contribution in [0.25, 0.3) is 0 Å². The lowest BCUT2D eigenvalue weighted by Gasteiger charge is -2.05. The van der Waals surface area contributed by atoms with Gasteiger partial charge in [0.2, 0.25) is 0 Å². The third kappa shape index (κ3) is 4.03. The average molecular weight is 384 g/mol. The molecular formula is C17H15Cl2NO5. The lowest BCUT2D eigenvalue weighted by atomic mass is 10.1. The third-order valence-electron chi connectivity index (χ3n) is 3.61. The number of hydrogen-bond acceptors (Lipinski definition) is 5. The Kier molecular flexibility index (Phi) is 5.87. The van der Waals surface area contributed by atoms with E-state index in [0.29, 0.717) is 16.3 Å². The number of hydrogen-bond donors (Lipinski definition) is 1. The fraction of sp³-hybridized carbons (Fsp3) is 0.235. The molecular weight excluding hydrogens is 369 g/mol. The average Bonchev–Trinajstić information content (AvgIpc) is 2.88. The van der Waals surface area contributed by atoms with Gasteiger partial charge in [-0.1, -0.05) is 23.2 Å². The first kappa shape index (κ1) is 19.0. The Morgan fingerprint density at radius 2 is 1.76 bits per heavy atom. The molecule has 0 radical (unpaired) electrons. The first-order valence-corrected chi connectivity index (χ1v) is 7.94. The zero-order valence-corrected chi connectivity index (χ0v) is 15.2. The maximum atomic E-state index is 12.2. The van der Waals surface area contributed by atoms with E-state index in [4.69, 9.17) is 27.9 Å². The van der Waals surface area contributed by atoms with Gasteiger partial charge in [0.25, 0.3) is 0 Å². The number of carbonyl (C=O) groups excluding carboxylic acids is 3. The molecule has 0 saturated carbocycles. The van der Waals surface area contributed by atoms with Crippen LogP contribution in [0.15, 0.2) is 18.2 Å². The van der Waals surface area contributed by atoms with E-state index in [2.05, 4.69) is 9.72 Å². The molecule has 1 N–H and O–H groups in total. The van der Waals surface area contributed by atoms with Crippen molar-refractivity contribution in [3.05, 3.63) is 56.3 Å². The van der Waals surface area contributed by atoms with E-state index < -0.39 is 24.3 Å². The summed E-state index contributed by atoms with van der Waals surface area (Å²) in [6.07, 6.45) is 0. The topological polar surface area (TPSA) is 85.5 Å². The van der Waals surface area contributed by atoms with Gasteiger partial charge in [-0.15, -0.1) is 0 Å². The van der Waals surface area contributed by atoms with Gasteiger partial charge in [-0.2, -0.15) is 0 Å². The maximum Gasteiger partial charge on any atom is 0.355 e. The lowest BCUT2D eigenvalue weighted by Crippen LogP contribution is -2.15. The van der Waals surface area contributed by atoms with Gasteiger partial charge < -0.3 is 14.5 Å². The number of ether oxygens (including phenoxy) is 2. The molecule has 0 bridgehead atoms. The Hall–Kier alpha value is -2.31. The first-order valence-electron chi connectivity index (χ1n) is 7.19. The Morgan fingerprint density at radius 3 is 2.36 bits per heavy atom. The molecule has 8 heteroatoms. The number of benzene rings is 1. The summed E-state index contributed by atoms with van der Waals surface area (Å²) in [6.45, 7) is 2.76. The van der Waals surface area contributed by atoms with Gasteiger partial charge in [-0.3, -0.25) is 4.79 Å². The second-order valence-electron chi connectivity index (χ2n) is 5.24. The summed E-state index contributed by atoms with van der Waals surface area (Å²) in [7, 11) is 1.25. The number of Topliss-reactive ketones (excluding diaryl/α,β-unsaturated/α-hetero) is 1. The summed E-state index contributed by atoms with van der Waals surface area (Å²) < 4.78 is 9.71. The smallest absolute Gasteiger partial charge is 0.355 e. The highest BCUT2D eigenvalue weighted by molar-refractivity contribution is 6.42. The van der Waals surface area contributed by atoms with Crippen LogP contribution in [-0.2, 0) is 9.47 Å². The molecule has 6 nitrogen and oxygen atoms in total. The highest BCUT2D eigenvalue weighted by atomic mass is 35.5. The number of methoxy groups -OCH3 is 1. The number of esters is 2. The van der Waals surface area contributed by atoms with E-state index in [9.17, 15) is 14.4 Å². The molecule has 0 aliphatic rings. The van der Waals surface area contributed by atoms with E-state index in [1.807, 2.05) is 0 Å². The van der Waals surface area contributed by atoms with E-state index in [1.54, 1.807) is 13.8 Å². The van der Waals surface area contributed by atoms with Crippen molar-refractivity contribution in [2.24, 2.45) is 0 Å². The lowest BCUT2D eigenvalue weighted by molar-refractivity contribution is 0.0468. The molecule has 0 atom stereocenters. The van der Waals surface area contributed by atoms with Gasteiger partial charge in [0.1, 0.15) is 5.69 Å². The standard InChI is InChI=1S/C17H15Cl2NO5/c1-8-14(16(22)24-3)9(2)20-15(8)17(23)25-7-13(21)10-4-5-11(18)12(19)6-10/h4-6,20H,7H2,1-3H3. The van der Waals surface area contributed by atoms with Crippen molar-refractivity contribution in [2.75, 3.05) is 13.7 Å². The predicted octanol–water partition coefficient (Wildman–Crippen LogP) is 3.76. The monoisotopic (exact) mass is 383 g/mol. The van der Waals surface area contributed by atoms with Crippen LogP contribution in [0.4, 0.5) is 0 Å². The predicted molar refractivity (Wildman–Crippen MR) is 92.7 cm³/mol. The fourth-order valence-corrected chi connectivity index (χ4v) is 2.62. The fourth-order valence-electron chi connectivity index (χ4n) is 2.32. The van der Waals surface area contributed by atoms with Gasteiger partial charge in [-0.25, -0.2) is 9.59 Å². The molecule has 25 heavy (non-hydrogen) atoms. The molecule has 0 fully saturated rings. The van der Waals surface area contributed by atoms with Crippen molar-refractivity contribution in [3.8, 4) is 0 Å². The highest BCUT2D eigenvalue weighted by Crippen LogP contribution is 2.23. The SMILES string of the molecule is COC(=O)c1c(C)[nH]c(C(=O)OCC(=O)c2ccc(Cl)c(Cl)c2)c1C. The molecule has 0 amide bonds. The van der Waals surface area contributed by atoms with Crippen LogP contribution in [0, 0.1) is 13.8 Å². The molecule has 1 heterocycles. The molecule has 132 valence electrons. The van der Waals surface area contributed by atoms with Crippen LogP contribution < -0.4 is 0 Å². The number of ketones is 1. The second-order valence-corrected chi connectivity index (χ2v) is 6.06. The largest absolute Gasteiger partial charge is 0.465 e. The second kappa shape index (κ2) is 7.72. The number of halogens is 2. The number of nitrogens with one attached hydrogen (secondary N) is 1. The summed E-state index contributed by atoms with van der Waals surface area (Å²) in [5.74, 6) is -1.73. The van der Waals surface area contributed by atoms with E-state index in [1.165, 1.54) is 25.3 Å². The zero-order valence-electron chi connectivity index (χ0n) is 13.7. The van der Waals surface area contributed by atoms with Gasteiger partial charge in [0.05, 0.1) is 22.7 Å². The van der Waals surface area contributed by atoms with Crippen LogP contribution in [0.2, 0.25) is 10.0 Å². The summed E-state index contributed by atoms with van der Waals surface area (Å²) in [5, 5.41) is 0.556. The van der Waals surface area contributed by atoms with Crippen molar-refractivity contribution in [1.29, 1.82) is 0 Å². The molecule has 1 aromatic heterocycles. The van der Waals surface area contributed by atoms with Crippen LogP contribution in [0.1, 0.15) is 42.5 Å². The quantitative estimate of drug-likeness (QED) is 0.627. The molecule has 0 saturated heterocycles. The number of aryl methyl sites for hydroxylation is 1. The minimum absolute atomic E-state index is 0.0971. The van der Waals surface area contributed by atoms with E-state index >= 15 is 0 Å². The molecule has 2 rings (SSSR count). The Labute approximate surface area is 154 Å². The Morgan fingerprint density at radius 1 is 1.08 bits per heavy atom. The summed E-state index contributed by atoms with van der Waals surface area (Å²) in [6, 6.07) is 4.38. The number of rotatable bonds is 5.